The van der Waals surface area contributed by atoms with Gasteiger partial charge in [-0.1, -0.05) is 30.3 Å². The zero-order valence-electron chi connectivity index (χ0n) is 17.4. The minimum absolute atomic E-state index is 0.00107. The van der Waals surface area contributed by atoms with E-state index >= 15 is 0 Å². The van der Waals surface area contributed by atoms with Crippen LogP contribution in [-0.4, -0.2) is 33.4 Å². The van der Waals surface area contributed by atoms with E-state index in [1.807, 2.05) is 0 Å². The van der Waals surface area contributed by atoms with Gasteiger partial charge in [-0.05, 0) is 36.4 Å². The maximum absolute atomic E-state index is 13.0. The van der Waals surface area contributed by atoms with Gasteiger partial charge in [-0.2, -0.15) is 0 Å². The molecular weight excluding hydrogens is 434 g/mol. The summed E-state index contributed by atoms with van der Waals surface area (Å²) in [7, 11) is -1.02. The number of amides is 1. The molecule has 0 aromatic heterocycles. The fourth-order valence-electron chi connectivity index (χ4n) is 3.07. The average Bonchev–Trinajstić information content (AvgIpc) is 2.82. The molecule has 10 heteroatoms. The Bertz CT molecular complexity index is 1240. The van der Waals surface area contributed by atoms with Gasteiger partial charge in [0.25, 0.3) is 21.6 Å². The molecule has 0 radical (unpaired) electrons. The first-order valence-corrected chi connectivity index (χ1v) is 10.9. The topological polar surface area (TPSA) is 119 Å². The molecule has 0 spiro atoms. The molecule has 0 saturated carbocycles. The molecule has 0 unspecified atom stereocenters. The Morgan fingerprint density at radius 2 is 1.66 bits per heavy atom. The lowest BCUT2D eigenvalue weighted by molar-refractivity contribution is -0.385. The Hall–Kier alpha value is -3.92. The molecule has 9 nitrogen and oxygen atoms in total. The molecule has 1 N–H and O–H groups in total. The third-order valence-corrected chi connectivity index (χ3v) is 6.61. The summed E-state index contributed by atoms with van der Waals surface area (Å²) in [5, 5.41) is 13.7. The smallest absolute Gasteiger partial charge is 0.274 e. The average molecular weight is 455 g/mol. The number of carbonyl (C=O) groups excluding carboxylic acids is 1. The molecule has 166 valence electrons. The summed E-state index contributed by atoms with van der Waals surface area (Å²) in [6, 6.07) is 18.3. The van der Waals surface area contributed by atoms with Crippen molar-refractivity contribution in [1.82, 2.24) is 5.32 Å². The summed E-state index contributed by atoms with van der Waals surface area (Å²) < 4.78 is 32.3. The molecule has 3 aromatic rings. The molecule has 1 amide bonds. The Kier molecular flexibility index (Phi) is 6.74. The van der Waals surface area contributed by atoms with Crippen LogP contribution in [0.4, 0.5) is 11.4 Å². The Morgan fingerprint density at radius 3 is 2.31 bits per heavy atom. The van der Waals surface area contributed by atoms with Gasteiger partial charge >= 0.3 is 0 Å². The lowest BCUT2D eigenvalue weighted by Gasteiger charge is -2.21. The van der Waals surface area contributed by atoms with Crippen molar-refractivity contribution in [3.63, 3.8) is 0 Å². The molecule has 0 aliphatic heterocycles. The zero-order chi connectivity index (χ0) is 23.3. The number of rotatable bonds is 8. The predicted molar refractivity (Wildman–Crippen MR) is 119 cm³/mol. The van der Waals surface area contributed by atoms with Gasteiger partial charge in [-0.15, -0.1) is 0 Å². The van der Waals surface area contributed by atoms with Crippen LogP contribution in [0.3, 0.4) is 0 Å². The van der Waals surface area contributed by atoms with Crippen LogP contribution < -0.4 is 14.4 Å². The van der Waals surface area contributed by atoms with Gasteiger partial charge in [-0.25, -0.2) is 8.42 Å². The van der Waals surface area contributed by atoms with E-state index in [2.05, 4.69) is 5.32 Å². The number of benzene rings is 3. The van der Waals surface area contributed by atoms with Crippen LogP contribution in [0.1, 0.15) is 15.9 Å². The fraction of sp³-hybridized carbons (Fsp3) is 0.136. The number of nitrogens with zero attached hydrogens (tertiary/aromatic N) is 2. The second-order valence-corrected chi connectivity index (χ2v) is 8.71. The van der Waals surface area contributed by atoms with E-state index < -0.39 is 20.9 Å². The molecule has 0 bridgehead atoms. The molecule has 0 saturated heterocycles. The first-order chi connectivity index (χ1) is 15.3. The summed E-state index contributed by atoms with van der Waals surface area (Å²) in [5.74, 6) is -0.0743. The van der Waals surface area contributed by atoms with E-state index in [0.29, 0.717) is 17.0 Å². The van der Waals surface area contributed by atoms with Crippen LogP contribution in [0.15, 0.2) is 77.7 Å². The highest BCUT2D eigenvalue weighted by atomic mass is 32.2. The van der Waals surface area contributed by atoms with Gasteiger partial charge in [0.05, 0.1) is 22.6 Å². The van der Waals surface area contributed by atoms with Crippen molar-refractivity contribution in [2.24, 2.45) is 0 Å². The number of nitrogens with one attached hydrogen (secondary N) is 1. The van der Waals surface area contributed by atoms with Crippen LogP contribution in [0.25, 0.3) is 0 Å². The van der Waals surface area contributed by atoms with E-state index in [9.17, 15) is 23.3 Å². The highest BCUT2D eigenvalue weighted by Gasteiger charge is 2.24. The van der Waals surface area contributed by atoms with E-state index in [-0.39, 0.29) is 22.7 Å². The van der Waals surface area contributed by atoms with Crippen molar-refractivity contribution >= 4 is 27.3 Å². The van der Waals surface area contributed by atoms with E-state index in [4.69, 9.17) is 4.74 Å². The van der Waals surface area contributed by atoms with Gasteiger partial charge in [0.1, 0.15) is 5.75 Å². The number of nitro benzene ring substituents is 1. The number of carbonyl (C=O) groups is 1. The summed E-state index contributed by atoms with van der Waals surface area (Å²) in [5.41, 5.74) is 0.876. The number of para-hydroxylation sites is 3. The van der Waals surface area contributed by atoms with Crippen molar-refractivity contribution < 1.29 is 22.9 Å². The summed E-state index contributed by atoms with van der Waals surface area (Å²) in [6.07, 6.45) is 0. The number of hydrogen-bond donors (Lipinski definition) is 1. The van der Waals surface area contributed by atoms with Crippen molar-refractivity contribution in [3.8, 4) is 5.75 Å². The number of hydrogen-bond acceptors (Lipinski definition) is 6. The van der Waals surface area contributed by atoms with Crippen molar-refractivity contribution in [1.29, 1.82) is 0 Å². The van der Waals surface area contributed by atoms with E-state index in [0.717, 1.165) is 4.31 Å². The molecule has 3 rings (SSSR count). The van der Waals surface area contributed by atoms with Crippen LogP contribution in [-0.2, 0) is 16.6 Å². The Morgan fingerprint density at radius 1 is 1.03 bits per heavy atom. The molecule has 0 aliphatic rings. The molecule has 0 atom stereocenters. The maximum Gasteiger partial charge on any atom is 0.274 e. The van der Waals surface area contributed by atoms with Crippen molar-refractivity contribution in [2.45, 2.75) is 11.4 Å². The van der Waals surface area contributed by atoms with Gasteiger partial charge in [-0.3, -0.25) is 19.2 Å². The number of ether oxygens (including phenoxy) is 1. The number of methoxy groups -OCH3 is 1. The molecule has 0 aliphatic carbocycles. The predicted octanol–water partition coefficient (Wildman–Crippen LogP) is 3.36. The normalized spacial score (nSPS) is 10.9. The number of nitro groups is 1. The van der Waals surface area contributed by atoms with Gasteiger partial charge < -0.3 is 10.1 Å². The van der Waals surface area contributed by atoms with E-state index in [1.165, 1.54) is 44.5 Å². The summed E-state index contributed by atoms with van der Waals surface area (Å²) in [4.78, 5) is 23.0. The van der Waals surface area contributed by atoms with Gasteiger partial charge in [0.15, 0.2) is 0 Å². The minimum atomic E-state index is -3.89. The standard InChI is InChI=1S/C22H21N3O6S/c1-24(20-9-5-6-10-21(20)31-2)32(29,30)18-13-11-16(12-14-18)22(26)23-15-17-7-3-4-8-19(17)25(27)28/h3-14H,15H2,1-2H3,(H,23,26). The minimum Gasteiger partial charge on any atom is -0.495 e. The molecule has 0 heterocycles. The third-order valence-electron chi connectivity index (χ3n) is 4.83. The molecule has 3 aromatic carbocycles. The van der Waals surface area contributed by atoms with Crippen LogP contribution in [0.5, 0.6) is 5.75 Å². The monoisotopic (exact) mass is 455 g/mol. The zero-order valence-corrected chi connectivity index (χ0v) is 18.2. The summed E-state index contributed by atoms with van der Waals surface area (Å²) in [6.45, 7) is -0.0351. The Balaban J connectivity index is 1.75. The molecule has 32 heavy (non-hydrogen) atoms. The van der Waals surface area contributed by atoms with Crippen LogP contribution >= 0.6 is 0 Å². The SMILES string of the molecule is COc1ccccc1N(C)S(=O)(=O)c1ccc(C(=O)NCc2ccccc2[N+](=O)[O-])cc1. The molecule has 0 fully saturated rings. The second kappa shape index (κ2) is 9.48. The second-order valence-electron chi connectivity index (χ2n) is 6.74. The first-order valence-electron chi connectivity index (χ1n) is 9.48. The maximum atomic E-state index is 13.0. The highest BCUT2D eigenvalue weighted by Crippen LogP contribution is 2.30. The van der Waals surface area contributed by atoms with Gasteiger partial charge in [0, 0.05) is 30.8 Å². The largest absolute Gasteiger partial charge is 0.495 e. The number of anilines is 1. The fourth-order valence-corrected chi connectivity index (χ4v) is 4.28. The first kappa shape index (κ1) is 22.8. The Labute approximate surface area is 185 Å². The van der Waals surface area contributed by atoms with Crippen LogP contribution in [0.2, 0.25) is 0 Å². The third kappa shape index (κ3) is 4.70. The molecular formula is C22H21N3O6S. The lowest BCUT2D eigenvalue weighted by Crippen LogP contribution is -2.27. The quantitative estimate of drug-likeness (QED) is 0.411. The lowest BCUT2D eigenvalue weighted by atomic mass is 10.1. The summed E-state index contributed by atoms with van der Waals surface area (Å²) >= 11 is 0. The van der Waals surface area contributed by atoms with Crippen LogP contribution in [0, 0.1) is 10.1 Å². The number of sulfonamides is 1. The van der Waals surface area contributed by atoms with Crippen molar-refractivity contribution in [2.75, 3.05) is 18.5 Å². The van der Waals surface area contributed by atoms with E-state index in [1.54, 1.807) is 42.5 Å². The van der Waals surface area contributed by atoms with Gasteiger partial charge in [0.2, 0.25) is 0 Å². The van der Waals surface area contributed by atoms with Crippen molar-refractivity contribution in [3.05, 3.63) is 94.0 Å². The highest BCUT2D eigenvalue weighted by molar-refractivity contribution is 7.92.